The smallest absolute Gasteiger partial charge is 0.177 e. The molecule has 0 aromatic heterocycles. The van der Waals surface area contributed by atoms with E-state index < -0.39 is 0 Å². The summed E-state index contributed by atoms with van der Waals surface area (Å²) in [5.74, 6) is 0.624. The molecule has 0 radical (unpaired) electrons. The molecule has 0 heterocycles. The number of carbonyl (C=O) groups excluding carboxylic acids is 1. The molecule has 0 atom stereocenters. The van der Waals surface area contributed by atoms with Crippen molar-refractivity contribution >= 4 is 37.6 Å². The van der Waals surface area contributed by atoms with E-state index in [0.717, 1.165) is 10.9 Å². The number of benzene rings is 1. The fraction of sp³-hybridized carbons (Fsp3) is 0.417. The number of hydrogen-bond acceptors (Lipinski definition) is 3. The molecule has 1 aromatic carbocycles. The summed E-state index contributed by atoms with van der Waals surface area (Å²) in [6, 6.07) is 5.40. The summed E-state index contributed by atoms with van der Waals surface area (Å²) in [5, 5.41) is 0.295. The van der Waals surface area contributed by atoms with Crippen LogP contribution in [0.1, 0.15) is 16.8 Å². The Morgan fingerprint density at radius 2 is 2.12 bits per heavy atom. The minimum absolute atomic E-state index is 0.0132. The predicted octanol–water partition coefficient (Wildman–Crippen LogP) is 3.44. The maximum atomic E-state index is 11.7. The third-order valence-corrected chi connectivity index (χ3v) is 3.12. The Bertz CT molecular complexity index is 380. The van der Waals surface area contributed by atoms with Gasteiger partial charge in [0.1, 0.15) is 5.75 Å². The van der Waals surface area contributed by atoms with Crippen molar-refractivity contribution in [2.45, 2.75) is 6.42 Å². The van der Waals surface area contributed by atoms with Gasteiger partial charge in [0, 0.05) is 24.6 Å². The van der Waals surface area contributed by atoms with Crippen LogP contribution in [0.4, 0.5) is 0 Å². The number of halogens is 2. The number of ether oxygens (including phenoxy) is 2. The van der Waals surface area contributed by atoms with Crippen molar-refractivity contribution in [1.82, 2.24) is 0 Å². The quantitative estimate of drug-likeness (QED) is 0.421. The van der Waals surface area contributed by atoms with Crippen LogP contribution in [0, 0.1) is 0 Å². The number of rotatable bonds is 7. The van der Waals surface area contributed by atoms with E-state index in [1.165, 1.54) is 0 Å². The van der Waals surface area contributed by atoms with Crippen molar-refractivity contribution in [1.29, 1.82) is 0 Å². The molecule has 0 amide bonds. The molecule has 0 aliphatic rings. The maximum absolute atomic E-state index is 11.7. The SMILES string of the molecule is COCCCOc1cc(Br)ccc1C(=O)CBr. The Morgan fingerprint density at radius 3 is 2.76 bits per heavy atom. The lowest BCUT2D eigenvalue weighted by Gasteiger charge is -2.10. The highest BCUT2D eigenvalue weighted by Gasteiger charge is 2.11. The van der Waals surface area contributed by atoms with E-state index in [9.17, 15) is 4.79 Å². The molecule has 17 heavy (non-hydrogen) atoms. The van der Waals surface area contributed by atoms with E-state index in [2.05, 4.69) is 31.9 Å². The molecule has 0 aliphatic carbocycles. The summed E-state index contributed by atoms with van der Waals surface area (Å²) >= 11 is 6.52. The monoisotopic (exact) mass is 364 g/mol. The third kappa shape index (κ3) is 4.77. The first-order valence-electron chi connectivity index (χ1n) is 5.19. The minimum atomic E-state index is 0.0132. The molecule has 0 saturated heterocycles. The van der Waals surface area contributed by atoms with Gasteiger partial charge in [-0.2, -0.15) is 0 Å². The summed E-state index contributed by atoms with van der Waals surface area (Å²) in [6.07, 6.45) is 0.797. The van der Waals surface area contributed by atoms with Gasteiger partial charge in [0.15, 0.2) is 5.78 Å². The highest BCUT2D eigenvalue weighted by Crippen LogP contribution is 2.24. The van der Waals surface area contributed by atoms with Gasteiger partial charge in [-0.05, 0) is 18.2 Å². The van der Waals surface area contributed by atoms with Crippen molar-refractivity contribution in [3.8, 4) is 5.75 Å². The molecule has 0 aliphatic heterocycles. The van der Waals surface area contributed by atoms with E-state index in [1.54, 1.807) is 13.2 Å². The van der Waals surface area contributed by atoms with Gasteiger partial charge in [-0.25, -0.2) is 0 Å². The number of carbonyl (C=O) groups is 1. The largest absolute Gasteiger partial charge is 0.493 e. The number of methoxy groups -OCH3 is 1. The second-order valence-corrected chi connectivity index (χ2v) is 4.87. The van der Waals surface area contributed by atoms with Crippen LogP contribution in [0.2, 0.25) is 0 Å². The van der Waals surface area contributed by atoms with Crippen LogP contribution in [0.15, 0.2) is 22.7 Å². The molecular weight excluding hydrogens is 352 g/mol. The average molecular weight is 366 g/mol. The fourth-order valence-electron chi connectivity index (χ4n) is 1.30. The molecule has 1 aromatic rings. The van der Waals surface area contributed by atoms with Crippen molar-refractivity contribution < 1.29 is 14.3 Å². The first kappa shape index (κ1) is 14.7. The van der Waals surface area contributed by atoms with Crippen LogP contribution in [0.5, 0.6) is 5.75 Å². The second kappa shape index (κ2) is 7.84. The van der Waals surface area contributed by atoms with Gasteiger partial charge in [-0.3, -0.25) is 4.79 Å². The standard InChI is InChI=1S/C12H14Br2O3/c1-16-5-2-6-17-12-7-9(14)3-4-10(12)11(15)8-13/h3-4,7H,2,5-6,8H2,1H3. The van der Waals surface area contributed by atoms with E-state index in [0.29, 0.717) is 29.9 Å². The highest BCUT2D eigenvalue weighted by atomic mass is 79.9. The Balaban J connectivity index is 2.73. The highest BCUT2D eigenvalue weighted by molar-refractivity contribution is 9.10. The third-order valence-electron chi connectivity index (χ3n) is 2.12. The molecule has 5 heteroatoms. The zero-order chi connectivity index (χ0) is 12.7. The van der Waals surface area contributed by atoms with Gasteiger partial charge in [-0.15, -0.1) is 0 Å². The number of ketones is 1. The zero-order valence-electron chi connectivity index (χ0n) is 9.54. The normalized spacial score (nSPS) is 10.3. The van der Waals surface area contributed by atoms with Gasteiger partial charge in [-0.1, -0.05) is 31.9 Å². The van der Waals surface area contributed by atoms with Crippen LogP contribution >= 0.6 is 31.9 Å². The summed E-state index contributed by atoms with van der Waals surface area (Å²) in [7, 11) is 1.65. The second-order valence-electron chi connectivity index (χ2n) is 3.39. The Kier molecular flexibility index (Phi) is 6.77. The molecule has 3 nitrogen and oxygen atoms in total. The minimum Gasteiger partial charge on any atom is -0.493 e. The van der Waals surface area contributed by atoms with Crippen molar-refractivity contribution in [2.75, 3.05) is 25.7 Å². The van der Waals surface area contributed by atoms with Crippen molar-refractivity contribution in [3.63, 3.8) is 0 Å². The number of hydrogen-bond donors (Lipinski definition) is 0. The van der Waals surface area contributed by atoms with Gasteiger partial charge in [0.25, 0.3) is 0 Å². The lowest BCUT2D eigenvalue weighted by atomic mass is 10.1. The molecular formula is C12H14Br2O3. The van der Waals surface area contributed by atoms with E-state index >= 15 is 0 Å². The Morgan fingerprint density at radius 1 is 1.35 bits per heavy atom. The van der Waals surface area contributed by atoms with Gasteiger partial charge in [0.05, 0.1) is 17.5 Å². The molecule has 0 saturated carbocycles. The Labute approximate surface area is 118 Å². The summed E-state index contributed by atoms with van der Waals surface area (Å²) < 4.78 is 11.4. The maximum Gasteiger partial charge on any atom is 0.177 e. The molecule has 0 N–H and O–H groups in total. The Hall–Kier alpha value is -0.390. The molecule has 94 valence electrons. The lowest BCUT2D eigenvalue weighted by Crippen LogP contribution is -2.07. The van der Waals surface area contributed by atoms with Crippen LogP contribution in [-0.4, -0.2) is 31.4 Å². The van der Waals surface area contributed by atoms with Crippen LogP contribution in [0.3, 0.4) is 0 Å². The van der Waals surface area contributed by atoms with E-state index in [-0.39, 0.29) is 5.78 Å². The number of Topliss-reactive ketones (excluding diaryl/α,β-unsaturated/α-hetero) is 1. The van der Waals surface area contributed by atoms with Crippen LogP contribution in [-0.2, 0) is 4.74 Å². The first-order valence-corrected chi connectivity index (χ1v) is 7.11. The molecule has 1 rings (SSSR count). The molecule has 0 fully saturated rings. The number of alkyl halides is 1. The lowest BCUT2D eigenvalue weighted by molar-refractivity contribution is 0.101. The van der Waals surface area contributed by atoms with Crippen LogP contribution < -0.4 is 4.74 Å². The predicted molar refractivity (Wildman–Crippen MR) is 74.3 cm³/mol. The first-order chi connectivity index (χ1) is 8.19. The topological polar surface area (TPSA) is 35.5 Å². The summed E-state index contributed by atoms with van der Waals surface area (Å²) in [4.78, 5) is 11.7. The van der Waals surface area contributed by atoms with E-state index in [4.69, 9.17) is 9.47 Å². The molecule has 0 spiro atoms. The summed E-state index contributed by atoms with van der Waals surface area (Å²) in [5.41, 5.74) is 0.600. The van der Waals surface area contributed by atoms with Gasteiger partial charge < -0.3 is 9.47 Å². The van der Waals surface area contributed by atoms with Crippen LogP contribution in [0.25, 0.3) is 0 Å². The van der Waals surface area contributed by atoms with Crippen molar-refractivity contribution in [3.05, 3.63) is 28.2 Å². The van der Waals surface area contributed by atoms with E-state index in [1.807, 2.05) is 12.1 Å². The van der Waals surface area contributed by atoms with Gasteiger partial charge in [0.2, 0.25) is 0 Å². The average Bonchev–Trinajstić information content (AvgIpc) is 2.34. The fourth-order valence-corrected chi connectivity index (χ4v) is 1.95. The van der Waals surface area contributed by atoms with Gasteiger partial charge >= 0.3 is 0 Å². The molecule has 0 unspecified atom stereocenters. The van der Waals surface area contributed by atoms with Crippen molar-refractivity contribution in [2.24, 2.45) is 0 Å². The zero-order valence-corrected chi connectivity index (χ0v) is 12.7. The molecule has 0 bridgehead atoms. The summed E-state index contributed by atoms with van der Waals surface area (Å²) in [6.45, 7) is 1.18.